The van der Waals surface area contributed by atoms with Crippen molar-refractivity contribution < 1.29 is 4.42 Å². The molecule has 0 fully saturated rings. The van der Waals surface area contributed by atoms with Gasteiger partial charge in [-0.15, -0.1) is 0 Å². The fourth-order valence-electron chi connectivity index (χ4n) is 4.53. The number of furan rings is 1. The van der Waals surface area contributed by atoms with E-state index in [2.05, 4.69) is 85.5 Å². The van der Waals surface area contributed by atoms with Crippen LogP contribution in [0.1, 0.15) is 0 Å². The van der Waals surface area contributed by atoms with Crippen LogP contribution in [0.5, 0.6) is 0 Å². The van der Waals surface area contributed by atoms with Crippen molar-refractivity contribution in [1.82, 2.24) is 9.97 Å². The van der Waals surface area contributed by atoms with Crippen LogP contribution in [-0.4, -0.2) is 28.7 Å². The summed E-state index contributed by atoms with van der Waals surface area (Å²) in [5, 5.41) is 2.24. The number of aromatic nitrogens is 2. The Bertz CT molecular complexity index is 1610. The minimum absolute atomic E-state index is 0.666. The third kappa shape index (κ3) is 3.90. The number of para-hydroxylation sites is 2. The van der Waals surface area contributed by atoms with Crippen molar-refractivity contribution in [3.05, 3.63) is 103 Å². The molecule has 0 unspecified atom stereocenters. The topological polar surface area (TPSA) is 38.9 Å². The Morgan fingerprint density at radius 2 is 1.11 bits per heavy atom. The molecular formula is C31H26N2OS. The molecule has 2 aromatic heterocycles. The van der Waals surface area contributed by atoms with E-state index >= 15 is 0 Å². The minimum atomic E-state index is -0.965. The van der Waals surface area contributed by atoms with Gasteiger partial charge in [-0.2, -0.15) is 0 Å². The van der Waals surface area contributed by atoms with Gasteiger partial charge in [-0.25, -0.2) is 20.0 Å². The summed E-state index contributed by atoms with van der Waals surface area (Å²) in [6.45, 7) is 0. The van der Waals surface area contributed by atoms with Gasteiger partial charge in [0, 0.05) is 26.8 Å². The smallest absolute Gasteiger partial charge is 0.164 e. The molecule has 0 aliphatic carbocycles. The van der Waals surface area contributed by atoms with Crippen LogP contribution in [0.2, 0.25) is 0 Å². The Kier molecular flexibility index (Phi) is 5.19. The summed E-state index contributed by atoms with van der Waals surface area (Å²) in [7, 11) is -0.965. The van der Waals surface area contributed by atoms with Crippen LogP contribution in [0.3, 0.4) is 0 Å². The molecule has 0 amide bonds. The number of fused-ring (bicyclic) bond motifs is 3. The van der Waals surface area contributed by atoms with Gasteiger partial charge in [-0.1, -0.05) is 84.9 Å². The first-order chi connectivity index (χ1) is 17.0. The fourth-order valence-corrected chi connectivity index (χ4v) is 5.73. The molecule has 4 aromatic carbocycles. The maximum atomic E-state index is 6.63. The van der Waals surface area contributed by atoms with E-state index in [1.54, 1.807) is 0 Å². The molecule has 6 rings (SSSR count). The number of hydrogen-bond acceptors (Lipinski definition) is 3. The number of hydrogen-bond donors (Lipinski definition) is 0. The molecule has 0 aliphatic rings. The van der Waals surface area contributed by atoms with Crippen LogP contribution in [0.4, 0.5) is 0 Å². The third-order valence-electron chi connectivity index (χ3n) is 6.25. The number of rotatable bonds is 4. The second-order valence-corrected chi connectivity index (χ2v) is 13.6. The Hall–Kier alpha value is -3.89. The van der Waals surface area contributed by atoms with Crippen LogP contribution >= 0.6 is 10.0 Å². The van der Waals surface area contributed by atoms with E-state index in [1.165, 1.54) is 4.90 Å². The van der Waals surface area contributed by atoms with Crippen molar-refractivity contribution in [2.24, 2.45) is 0 Å². The van der Waals surface area contributed by atoms with E-state index in [0.29, 0.717) is 5.82 Å². The van der Waals surface area contributed by atoms with Crippen molar-refractivity contribution in [2.45, 2.75) is 4.90 Å². The maximum Gasteiger partial charge on any atom is 0.164 e. The molecular weight excluding hydrogens is 448 g/mol. The molecule has 35 heavy (non-hydrogen) atoms. The molecule has 0 saturated carbocycles. The van der Waals surface area contributed by atoms with Gasteiger partial charge >= 0.3 is 0 Å². The van der Waals surface area contributed by atoms with Crippen LogP contribution < -0.4 is 0 Å². The van der Waals surface area contributed by atoms with Gasteiger partial charge in [-0.3, -0.25) is 0 Å². The van der Waals surface area contributed by atoms with Gasteiger partial charge in [0.2, 0.25) is 0 Å². The van der Waals surface area contributed by atoms with Gasteiger partial charge in [0.1, 0.15) is 11.2 Å². The zero-order valence-electron chi connectivity index (χ0n) is 20.0. The molecule has 172 valence electrons. The van der Waals surface area contributed by atoms with Gasteiger partial charge < -0.3 is 4.42 Å². The van der Waals surface area contributed by atoms with Crippen molar-refractivity contribution in [1.29, 1.82) is 0 Å². The number of benzene rings is 4. The lowest BCUT2D eigenvalue weighted by molar-refractivity contribution is 0.660. The molecule has 4 heteroatoms. The van der Waals surface area contributed by atoms with E-state index in [-0.39, 0.29) is 0 Å². The van der Waals surface area contributed by atoms with Crippen molar-refractivity contribution in [3.63, 3.8) is 0 Å². The molecule has 0 spiro atoms. The van der Waals surface area contributed by atoms with E-state index in [1.807, 2.05) is 36.4 Å². The summed E-state index contributed by atoms with van der Waals surface area (Å²) in [6.07, 6.45) is 6.90. The van der Waals surface area contributed by atoms with Crippen molar-refractivity contribution in [2.75, 3.05) is 18.8 Å². The molecule has 0 saturated heterocycles. The first-order valence-electron chi connectivity index (χ1n) is 11.6. The monoisotopic (exact) mass is 474 g/mol. The van der Waals surface area contributed by atoms with E-state index in [9.17, 15) is 0 Å². The Labute approximate surface area is 206 Å². The Morgan fingerprint density at radius 3 is 1.69 bits per heavy atom. The maximum absolute atomic E-state index is 6.63. The summed E-state index contributed by atoms with van der Waals surface area (Å²) in [5.74, 6) is 0.666. The zero-order valence-corrected chi connectivity index (χ0v) is 20.8. The van der Waals surface area contributed by atoms with E-state index in [0.717, 1.165) is 50.0 Å². The van der Waals surface area contributed by atoms with Gasteiger partial charge in [0.05, 0.1) is 17.0 Å². The lowest BCUT2D eigenvalue weighted by atomic mass is 10.1. The zero-order chi connectivity index (χ0) is 24.0. The van der Waals surface area contributed by atoms with E-state index in [4.69, 9.17) is 14.4 Å². The van der Waals surface area contributed by atoms with Crippen LogP contribution in [0.25, 0.3) is 55.8 Å². The first-order valence-corrected chi connectivity index (χ1v) is 14.5. The summed E-state index contributed by atoms with van der Waals surface area (Å²) >= 11 is 0. The van der Waals surface area contributed by atoms with E-state index < -0.39 is 10.0 Å². The van der Waals surface area contributed by atoms with Gasteiger partial charge in [-0.05, 0) is 37.0 Å². The highest BCUT2D eigenvalue weighted by molar-refractivity contribution is 8.32. The van der Waals surface area contributed by atoms with Crippen LogP contribution in [0.15, 0.2) is 112 Å². The van der Waals surface area contributed by atoms with Crippen molar-refractivity contribution >= 4 is 32.0 Å². The second kappa shape index (κ2) is 8.40. The molecule has 0 N–H and O–H groups in total. The number of nitrogens with zero attached hydrogens (tertiary/aromatic N) is 2. The average Bonchev–Trinajstić information content (AvgIpc) is 3.28. The summed E-state index contributed by atoms with van der Waals surface area (Å²) < 4.78 is 6.63. The molecule has 6 aromatic rings. The lowest BCUT2D eigenvalue weighted by Gasteiger charge is -2.25. The molecule has 0 aliphatic heterocycles. The van der Waals surface area contributed by atoms with Crippen LogP contribution in [-0.2, 0) is 0 Å². The highest BCUT2D eigenvalue weighted by Gasteiger charge is 2.20. The summed E-state index contributed by atoms with van der Waals surface area (Å²) in [5.41, 5.74) is 6.61. The molecule has 2 heterocycles. The SMILES string of the molecule is CS(C)(C)c1cccc2c1oc1c(-c3nc(-c4ccccc4)cc(-c4ccccc4)n3)cccc12. The average molecular weight is 475 g/mol. The normalized spacial score (nSPS) is 12.3. The summed E-state index contributed by atoms with van der Waals surface area (Å²) in [4.78, 5) is 11.3. The standard InChI is InChI=1S/C31H26N2OS/c1-35(2,3)28-19-11-17-24-23-16-10-18-25(29(23)34-30(24)28)31-32-26(21-12-6-4-7-13-21)20-27(33-31)22-14-8-5-9-15-22/h4-20H,1-3H3. The predicted octanol–water partition coefficient (Wildman–Crippen LogP) is 8.43. The summed E-state index contributed by atoms with van der Waals surface area (Å²) in [6, 6.07) is 35.3. The molecule has 0 radical (unpaired) electrons. The Morgan fingerprint density at radius 1 is 0.571 bits per heavy atom. The highest BCUT2D eigenvalue weighted by Crippen LogP contribution is 2.50. The third-order valence-corrected chi connectivity index (χ3v) is 7.90. The second-order valence-electron chi connectivity index (χ2n) is 9.45. The first kappa shape index (κ1) is 21.6. The Balaban J connectivity index is 1.63. The van der Waals surface area contributed by atoms with Gasteiger partial charge in [0.25, 0.3) is 0 Å². The largest absolute Gasteiger partial charge is 0.454 e. The molecule has 0 bridgehead atoms. The van der Waals surface area contributed by atoms with Crippen molar-refractivity contribution in [3.8, 4) is 33.9 Å². The molecule has 3 nitrogen and oxygen atoms in total. The highest BCUT2D eigenvalue weighted by atomic mass is 32.3. The predicted molar refractivity (Wildman–Crippen MR) is 149 cm³/mol. The fraction of sp³-hybridized carbons (Fsp3) is 0.0968. The van der Waals surface area contributed by atoms with Crippen LogP contribution in [0, 0.1) is 0 Å². The quantitative estimate of drug-likeness (QED) is 0.257. The van der Waals surface area contributed by atoms with Gasteiger partial charge in [0.15, 0.2) is 5.82 Å². The molecule has 0 atom stereocenters. The minimum Gasteiger partial charge on any atom is -0.454 e. The lowest BCUT2D eigenvalue weighted by Crippen LogP contribution is -1.96.